The molecule has 8 heteroatoms. The van der Waals surface area contributed by atoms with Crippen LogP contribution < -0.4 is 15.1 Å². The van der Waals surface area contributed by atoms with Gasteiger partial charge in [0.15, 0.2) is 0 Å². The van der Waals surface area contributed by atoms with Gasteiger partial charge in [0, 0.05) is 50.6 Å². The van der Waals surface area contributed by atoms with Crippen molar-refractivity contribution in [1.29, 1.82) is 0 Å². The van der Waals surface area contributed by atoms with Gasteiger partial charge in [0.1, 0.15) is 18.0 Å². The first-order valence-corrected chi connectivity index (χ1v) is 10.9. The molecule has 4 rings (SSSR count). The minimum absolute atomic E-state index is 0.0279. The van der Waals surface area contributed by atoms with E-state index in [1.165, 1.54) is 0 Å². The minimum atomic E-state index is 0.0279. The Labute approximate surface area is 177 Å². The van der Waals surface area contributed by atoms with Gasteiger partial charge in [-0.25, -0.2) is 9.97 Å². The van der Waals surface area contributed by atoms with Crippen LogP contribution in [0.2, 0.25) is 0 Å². The highest BCUT2D eigenvalue weighted by Gasteiger charge is 2.27. The van der Waals surface area contributed by atoms with Gasteiger partial charge in [0.05, 0.1) is 12.6 Å². The fourth-order valence-corrected chi connectivity index (χ4v) is 4.37. The van der Waals surface area contributed by atoms with Crippen LogP contribution >= 0.6 is 0 Å². The Bertz CT molecular complexity index is 825. The number of hydrogen-bond acceptors (Lipinski definition) is 7. The maximum absolute atomic E-state index is 12.5. The second-order valence-corrected chi connectivity index (χ2v) is 8.10. The molecule has 1 atom stereocenters. The average molecular weight is 411 g/mol. The fraction of sp³-hybridized carbons (Fsp3) is 0.545. The highest BCUT2D eigenvalue weighted by Crippen LogP contribution is 2.27. The molecule has 1 amide bonds. The van der Waals surface area contributed by atoms with Crippen molar-refractivity contribution < 1.29 is 9.90 Å². The fourth-order valence-electron chi connectivity index (χ4n) is 4.37. The smallest absolute Gasteiger partial charge is 0.223 e. The number of carbonyl (C=O) groups excluding carboxylic acids is 1. The van der Waals surface area contributed by atoms with Crippen molar-refractivity contribution in [3.63, 3.8) is 0 Å². The van der Waals surface area contributed by atoms with Crippen LogP contribution in [0.4, 0.5) is 11.6 Å². The van der Waals surface area contributed by atoms with Gasteiger partial charge in [-0.05, 0) is 43.7 Å². The molecular formula is C22H30N6O2. The summed E-state index contributed by atoms with van der Waals surface area (Å²) in [5, 5.41) is 12.7. The van der Waals surface area contributed by atoms with Crippen LogP contribution in [0, 0.1) is 5.92 Å². The molecule has 2 fully saturated rings. The number of aliphatic hydroxyl groups excluding tert-OH is 1. The Morgan fingerprint density at radius 1 is 1.13 bits per heavy atom. The third kappa shape index (κ3) is 4.87. The molecule has 2 N–H and O–H groups in total. The third-order valence-electron chi connectivity index (χ3n) is 6.15. The summed E-state index contributed by atoms with van der Waals surface area (Å²) in [4.78, 5) is 30.0. The van der Waals surface area contributed by atoms with E-state index in [0.717, 1.165) is 68.9 Å². The van der Waals surface area contributed by atoms with Crippen LogP contribution in [-0.2, 0) is 11.3 Å². The van der Waals surface area contributed by atoms with Crippen molar-refractivity contribution in [3.05, 3.63) is 42.5 Å². The Balaban J connectivity index is 1.32. The van der Waals surface area contributed by atoms with Crippen molar-refractivity contribution >= 4 is 17.5 Å². The van der Waals surface area contributed by atoms with Crippen LogP contribution in [0.1, 0.15) is 37.7 Å². The Morgan fingerprint density at radius 2 is 1.97 bits per heavy atom. The zero-order chi connectivity index (χ0) is 20.8. The summed E-state index contributed by atoms with van der Waals surface area (Å²) < 4.78 is 0. The Morgan fingerprint density at radius 3 is 2.73 bits per heavy atom. The van der Waals surface area contributed by atoms with E-state index in [2.05, 4.69) is 30.1 Å². The van der Waals surface area contributed by atoms with Gasteiger partial charge in [-0.15, -0.1) is 0 Å². The van der Waals surface area contributed by atoms with E-state index in [1.54, 1.807) is 18.7 Å². The summed E-state index contributed by atoms with van der Waals surface area (Å²) in [7, 11) is 0. The predicted molar refractivity (Wildman–Crippen MR) is 115 cm³/mol. The van der Waals surface area contributed by atoms with E-state index in [9.17, 15) is 9.90 Å². The molecule has 2 aromatic rings. The highest BCUT2D eigenvalue weighted by atomic mass is 16.3. The van der Waals surface area contributed by atoms with Gasteiger partial charge < -0.3 is 20.2 Å². The first-order chi connectivity index (χ1) is 14.7. The molecule has 0 bridgehead atoms. The number of aromatic nitrogens is 3. The molecule has 160 valence electrons. The second kappa shape index (κ2) is 9.84. The number of anilines is 2. The monoisotopic (exact) mass is 410 g/mol. The molecule has 2 aliphatic heterocycles. The third-order valence-corrected chi connectivity index (χ3v) is 6.15. The largest absolute Gasteiger partial charge is 0.394 e. The molecule has 1 unspecified atom stereocenters. The Hall–Kier alpha value is -2.74. The van der Waals surface area contributed by atoms with Crippen LogP contribution in [0.15, 0.2) is 36.9 Å². The van der Waals surface area contributed by atoms with E-state index in [1.807, 2.05) is 18.2 Å². The summed E-state index contributed by atoms with van der Waals surface area (Å²) in [6.07, 6.45) is 10.00. The zero-order valence-electron chi connectivity index (χ0n) is 17.3. The number of hydrogen-bond donors (Lipinski definition) is 2. The maximum Gasteiger partial charge on any atom is 0.223 e. The van der Waals surface area contributed by atoms with Gasteiger partial charge in [-0.3, -0.25) is 9.78 Å². The SMILES string of the molecule is O=C(NCc1cccnc1)C1CCN(c2cc(N3CCCCC3CO)ncn2)CC1. The number of pyridine rings is 1. The molecule has 2 saturated heterocycles. The van der Waals surface area contributed by atoms with E-state index >= 15 is 0 Å². The van der Waals surface area contributed by atoms with Gasteiger partial charge >= 0.3 is 0 Å². The van der Waals surface area contributed by atoms with Crippen molar-refractivity contribution in [2.75, 3.05) is 36.0 Å². The average Bonchev–Trinajstić information content (AvgIpc) is 2.83. The first kappa shape index (κ1) is 20.5. The van der Waals surface area contributed by atoms with Crippen LogP contribution in [0.3, 0.4) is 0 Å². The lowest BCUT2D eigenvalue weighted by Gasteiger charge is -2.36. The molecule has 8 nitrogen and oxygen atoms in total. The summed E-state index contributed by atoms with van der Waals surface area (Å²) in [6.45, 7) is 3.18. The van der Waals surface area contributed by atoms with Gasteiger partial charge in [-0.1, -0.05) is 6.07 Å². The number of amides is 1. The molecule has 30 heavy (non-hydrogen) atoms. The molecule has 2 aromatic heterocycles. The summed E-state index contributed by atoms with van der Waals surface area (Å²) in [5.74, 6) is 1.92. The quantitative estimate of drug-likeness (QED) is 0.749. The summed E-state index contributed by atoms with van der Waals surface area (Å²) in [5.41, 5.74) is 1.01. The number of piperidine rings is 2. The van der Waals surface area contributed by atoms with Gasteiger partial charge in [0.25, 0.3) is 0 Å². The standard InChI is InChI=1S/C22H30N6O2/c29-15-19-5-1-2-9-28(19)21-12-20(25-16-26-21)27-10-6-18(7-11-27)22(30)24-14-17-4-3-8-23-13-17/h3-4,8,12-13,16,18-19,29H,1-2,5-7,9-11,14-15H2,(H,24,30). The highest BCUT2D eigenvalue weighted by molar-refractivity contribution is 5.79. The number of aliphatic hydroxyl groups is 1. The molecule has 0 saturated carbocycles. The van der Waals surface area contributed by atoms with Crippen LogP contribution in [-0.4, -0.2) is 58.2 Å². The molecule has 0 aromatic carbocycles. The van der Waals surface area contributed by atoms with Crippen LogP contribution in [0.5, 0.6) is 0 Å². The van der Waals surface area contributed by atoms with Crippen LogP contribution in [0.25, 0.3) is 0 Å². The number of carbonyl (C=O) groups is 1. The number of rotatable bonds is 6. The summed E-state index contributed by atoms with van der Waals surface area (Å²) in [6, 6.07) is 6.00. The number of nitrogens with one attached hydrogen (secondary N) is 1. The van der Waals surface area contributed by atoms with Crippen molar-refractivity contribution in [3.8, 4) is 0 Å². The molecule has 0 aliphatic carbocycles. The van der Waals surface area contributed by atoms with E-state index < -0.39 is 0 Å². The lowest BCUT2D eigenvalue weighted by molar-refractivity contribution is -0.125. The van der Waals surface area contributed by atoms with E-state index in [-0.39, 0.29) is 24.5 Å². The van der Waals surface area contributed by atoms with Gasteiger partial charge in [0.2, 0.25) is 5.91 Å². The maximum atomic E-state index is 12.5. The molecule has 2 aliphatic rings. The second-order valence-electron chi connectivity index (χ2n) is 8.10. The lowest BCUT2D eigenvalue weighted by atomic mass is 9.96. The zero-order valence-corrected chi connectivity index (χ0v) is 17.3. The predicted octanol–water partition coefficient (Wildman–Crippen LogP) is 1.76. The van der Waals surface area contributed by atoms with Crippen molar-refractivity contribution in [2.45, 2.75) is 44.7 Å². The van der Waals surface area contributed by atoms with E-state index in [4.69, 9.17) is 0 Å². The Kier molecular flexibility index (Phi) is 6.74. The number of nitrogens with zero attached hydrogens (tertiary/aromatic N) is 5. The molecule has 4 heterocycles. The molecule has 0 spiro atoms. The normalized spacial score (nSPS) is 20.2. The molecule has 0 radical (unpaired) electrons. The topological polar surface area (TPSA) is 94.5 Å². The minimum Gasteiger partial charge on any atom is -0.394 e. The molecular weight excluding hydrogens is 380 g/mol. The van der Waals surface area contributed by atoms with Crippen molar-refractivity contribution in [1.82, 2.24) is 20.3 Å². The first-order valence-electron chi connectivity index (χ1n) is 10.9. The van der Waals surface area contributed by atoms with E-state index in [0.29, 0.717) is 6.54 Å². The van der Waals surface area contributed by atoms with Gasteiger partial charge in [-0.2, -0.15) is 0 Å². The lowest BCUT2D eigenvalue weighted by Crippen LogP contribution is -2.43. The van der Waals surface area contributed by atoms with Crippen molar-refractivity contribution in [2.24, 2.45) is 5.92 Å². The summed E-state index contributed by atoms with van der Waals surface area (Å²) >= 11 is 0.